The van der Waals surface area contributed by atoms with E-state index in [1.807, 2.05) is 7.05 Å². The number of carbonyl (C=O) groups is 1. The van der Waals surface area contributed by atoms with E-state index in [0.29, 0.717) is 12.5 Å². The van der Waals surface area contributed by atoms with E-state index in [2.05, 4.69) is 4.90 Å². The van der Waals surface area contributed by atoms with Crippen LogP contribution >= 0.6 is 0 Å². The Morgan fingerprint density at radius 1 is 1.31 bits per heavy atom. The van der Waals surface area contributed by atoms with E-state index in [0.717, 1.165) is 38.5 Å². The molecular formula is C12H21NO3. The van der Waals surface area contributed by atoms with Crippen molar-refractivity contribution in [3.8, 4) is 0 Å². The molecule has 4 nitrogen and oxygen atoms in total. The van der Waals surface area contributed by atoms with Gasteiger partial charge in [0.1, 0.15) is 6.29 Å². The molecule has 4 heteroatoms. The van der Waals surface area contributed by atoms with E-state index in [9.17, 15) is 9.90 Å². The molecule has 2 aliphatic rings. The summed E-state index contributed by atoms with van der Waals surface area (Å²) in [4.78, 5) is 13.2. The molecule has 2 fully saturated rings. The normalized spacial score (nSPS) is 41.9. The minimum absolute atomic E-state index is 0.0312. The van der Waals surface area contributed by atoms with Crippen LogP contribution in [0, 0.1) is 5.92 Å². The highest BCUT2D eigenvalue weighted by atomic mass is 16.5. The first-order valence-electron chi connectivity index (χ1n) is 6.17. The Labute approximate surface area is 96.6 Å². The van der Waals surface area contributed by atoms with Crippen LogP contribution in [0.2, 0.25) is 0 Å². The smallest absolute Gasteiger partial charge is 0.139 e. The van der Waals surface area contributed by atoms with Gasteiger partial charge in [-0.15, -0.1) is 0 Å². The van der Waals surface area contributed by atoms with Crippen LogP contribution in [0.25, 0.3) is 0 Å². The number of carbonyl (C=O) groups excluding carboxylic acids is 1. The number of ether oxygens (including phenoxy) is 1. The van der Waals surface area contributed by atoms with Crippen LogP contribution in [-0.2, 0) is 9.53 Å². The molecule has 0 aromatic carbocycles. The van der Waals surface area contributed by atoms with E-state index in [1.165, 1.54) is 0 Å². The molecule has 0 aromatic heterocycles. The maximum atomic E-state index is 11.1. The Hall–Kier alpha value is -0.450. The third-order valence-electron chi connectivity index (χ3n) is 3.95. The Bertz CT molecular complexity index is 238. The first-order chi connectivity index (χ1) is 7.72. The molecule has 1 heterocycles. The summed E-state index contributed by atoms with van der Waals surface area (Å²) < 4.78 is 5.77. The summed E-state index contributed by atoms with van der Waals surface area (Å²) in [5, 5.41) is 9.48. The van der Waals surface area contributed by atoms with E-state index in [1.54, 1.807) is 0 Å². The number of hydrogen-bond donors (Lipinski definition) is 1. The SMILES string of the molecule is CN1CCOC(C2CCC(O)CC2)C1C=O. The van der Waals surface area contributed by atoms with Gasteiger partial charge in [-0.1, -0.05) is 0 Å². The maximum Gasteiger partial charge on any atom is 0.139 e. The number of morpholine rings is 1. The molecule has 1 N–H and O–H groups in total. The fourth-order valence-corrected chi connectivity index (χ4v) is 2.86. The molecule has 0 spiro atoms. The van der Waals surface area contributed by atoms with Crippen LogP contribution in [0.3, 0.4) is 0 Å². The molecule has 92 valence electrons. The molecule has 2 rings (SSSR count). The summed E-state index contributed by atoms with van der Waals surface area (Å²) >= 11 is 0. The first kappa shape index (κ1) is 12.0. The molecule has 2 atom stereocenters. The standard InChI is InChI=1S/C12H21NO3/c1-13-6-7-16-12(11(13)8-14)9-2-4-10(15)5-3-9/h8-12,15H,2-7H2,1H3. The zero-order valence-electron chi connectivity index (χ0n) is 9.84. The van der Waals surface area contributed by atoms with Gasteiger partial charge in [0.05, 0.1) is 24.9 Å². The summed E-state index contributed by atoms with van der Waals surface area (Å²) in [5.41, 5.74) is 0. The van der Waals surface area contributed by atoms with Crippen molar-refractivity contribution in [3.63, 3.8) is 0 Å². The van der Waals surface area contributed by atoms with Crippen LogP contribution in [0.5, 0.6) is 0 Å². The highest BCUT2D eigenvalue weighted by Crippen LogP contribution is 2.31. The molecule has 1 saturated carbocycles. The first-order valence-corrected chi connectivity index (χ1v) is 6.17. The minimum atomic E-state index is -0.146. The van der Waals surface area contributed by atoms with Crippen molar-refractivity contribution >= 4 is 6.29 Å². The third kappa shape index (κ3) is 2.44. The van der Waals surface area contributed by atoms with Crippen molar-refractivity contribution in [1.82, 2.24) is 4.90 Å². The van der Waals surface area contributed by atoms with Gasteiger partial charge in [-0.25, -0.2) is 0 Å². The summed E-state index contributed by atoms with van der Waals surface area (Å²) in [5.74, 6) is 0.432. The maximum absolute atomic E-state index is 11.1. The summed E-state index contributed by atoms with van der Waals surface area (Å²) in [6, 6.07) is -0.103. The summed E-state index contributed by atoms with van der Waals surface area (Å²) in [6.45, 7) is 1.54. The van der Waals surface area contributed by atoms with E-state index in [4.69, 9.17) is 4.74 Å². The summed E-state index contributed by atoms with van der Waals surface area (Å²) in [7, 11) is 1.98. The van der Waals surface area contributed by atoms with E-state index in [-0.39, 0.29) is 18.2 Å². The van der Waals surface area contributed by atoms with Gasteiger partial charge in [0.15, 0.2) is 0 Å². The van der Waals surface area contributed by atoms with Gasteiger partial charge in [-0.3, -0.25) is 4.90 Å². The van der Waals surface area contributed by atoms with E-state index < -0.39 is 0 Å². The topological polar surface area (TPSA) is 49.8 Å². The largest absolute Gasteiger partial charge is 0.393 e. The zero-order chi connectivity index (χ0) is 11.5. The molecular weight excluding hydrogens is 206 g/mol. The lowest BCUT2D eigenvalue weighted by Gasteiger charge is -2.41. The quantitative estimate of drug-likeness (QED) is 0.695. The predicted octanol–water partition coefficient (Wildman–Crippen LogP) is 0.436. The van der Waals surface area contributed by atoms with E-state index >= 15 is 0 Å². The Balaban J connectivity index is 1.98. The number of aliphatic hydroxyl groups is 1. The number of hydrogen-bond acceptors (Lipinski definition) is 4. The average Bonchev–Trinajstić information content (AvgIpc) is 2.30. The van der Waals surface area contributed by atoms with Crippen LogP contribution < -0.4 is 0 Å². The van der Waals surface area contributed by atoms with Crippen LogP contribution in [0.15, 0.2) is 0 Å². The van der Waals surface area contributed by atoms with Crippen molar-refractivity contribution in [2.24, 2.45) is 5.92 Å². The van der Waals surface area contributed by atoms with Crippen molar-refractivity contribution in [3.05, 3.63) is 0 Å². The van der Waals surface area contributed by atoms with Gasteiger partial charge < -0.3 is 14.6 Å². The van der Waals surface area contributed by atoms with Crippen LogP contribution in [0.1, 0.15) is 25.7 Å². The molecule has 1 saturated heterocycles. The molecule has 0 aromatic rings. The number of likely N-dealkylation sites (N-methyl/N-ethyl adjacent to an activating group) is 1. The average molecular weight is 227 g/mol. The van der Waals surface area contributed by atoms with Gasteiger partial charge in [0, 0.05) is 6.54 Å². The number of aliphatic hydroxyl groups excluding tert-OH is 1. The molecule has 0 bridgehead atoms. The van der Waals surface area contributed by atoms with Crippen molar-refractivity contribution in [2.45, 2.75) is 43.9 Å². The Morgan fingerprint density at radius 3 is 2.62 bits per heavy atom. The van der Waals surface area contributed by atoms with Crippen LogP contribution in [0.4, 0.5) is 0 Å². The number of aldehydes is 1. The molecule has 2 unspecified atom stereocenters. The molecule has 0 radical (unpaired) electrons. The lowest BCUT2D eigenvalue weighted by Crippen LogP contribution is -2.53. The fourth-order valence-electron chi connectivity index (χ4n) is 2.86. The summed E-state index contributed by atoms with van der Waals surface area (Å²) in [6.07, 6.45) is 4.54. The van der Waals surface area contributed by atoms with Gasteiger partial charge in [-0.2, -0.15) is 0 Å². The monoisotopic (exact) mass is 227 g/mol. The van der Waals surface area contributed by atoms with Gasteiger partial charge in [0.25, 0.3) is 0 Å². The predicted molar refractivity (Wildman–Crippen MR) is 60.2 cm³/mol. The molecule has 16 heavy (non-hydrogen) atoms. The van der Waals surface area contributed by atoms with Gasteiger partial charge in [0.2, 0.25) is 0 Å². The Kier molecular flexibility index (Phi) is 3.95. The van der Waals surface area contributed by atoms with Crippen LogP contribution in [-0.4, -0.2) is 54.7 Å². The number of nitrogens with zero attached hydrogens (tertiary/aromatic N) is 1. The molecule has 0 amide bonds. The minimum Gasteiger partial charge on any atom is -0.393 e. The number of rotatable bonds is 2. The second kappa shape index (κ2) is 5.25. The zero-order valence-corrected chi connectivity index (χ0v) is 9.84. The van der Waals surface area contributed by atoms with Gasteiger partial charge in [-0.05, 0) is 38.6 Å². The highest BCUT2D eigenvalue weighted by Gasteiger charge is 2.37. The third-order valence-corrected chi connectivity index (χ3v) is 3.95. The van der Waals surface area contributed by atoms with Crippen molar-refractivity contribution < 1.29 is 14.6 Å². The highest BCUT2D eigenvalue weighted by molar-refractivity contribution is 5.59. The van der Waals surface area contributed by atoms with Gasteiger partial charge >= 0.3 is 0 Å². The second-order valence-corrected chi connectivity index (χ2v) is 5.01. The lowest BCUT2D eigenvalue weighted by atomic mass is 9.81. The fraction of sp³-hybridized carbons (Fsp3) is 0.917. The van der Waals surface area contributed by atoms with Crippen molar-refractivity contribution in [1.29, 1.82) is 0 Å². The lowest BCUT2D eigenvalue weighted by molar-refractivity contribution is -0.132. The molecule has 1 aliphatic heterocycles. The second-order valence-electron chi connectivity index (χ2n) is 5.01. The molecule has 1 aliphatic carbocycles. The van der Waals surface area contributed by atoms with Crippen molar-refractivity contribution in [2.75, 3.05) is 20.2 Å². The Morgan fingerprint density at radius 2 is 2.00 bits per heavy atom.